The van der Waals surface area contributed by atoms with Gasteiger partial charge in [-0.1, -0.05) is 37.8 Å². The molecule has 1 fully saturated rings. The molecule has 1 amide bonds. The van der Waals surface area contributed by atoms with Crippen molar-refractivity contribution in [1.82, 2.24) is 9.38 Å². The van der Waals surface area contributed by atoms with Crippen molar-refractivity contribution < 1.29 is 22.4 Å². The molecule has 158 valence electrons. The SMILES string of the molecule is O=C(CCC1CCCC1)Nc1nc2ccc(F)cn2c1-c1ccc(C(F)(F)F)cc1. The standard InChI is InChI=1S/C22H21F4N3O/c23-17-10-11-18-27-21(28-19(30)12-5-14-3-1-2-4-14)20(29(18)13-17)15-6-8-16(9-7-15)22(24,25)26/h6-11,13-14H,1-5,12H2,(H,28,30). The quantitative estimate of drug-likeness (QED) is 0.511. The molecular formula is C22H21F4N3O. The molecule has 0 aliphatic heterocycles. The molecule has 1 aliphatic rings. The summed E-state index contributed by atoms with van der Waals surface area (Å²) < 4.78 is 54.0. The van der Waals surface area contributed by atoms with E-state index < -0.39 is 17.6 Å². The summed E-state index contributed by atoms with van der Waals surface area (Å²) in [7, 11) is 0. The predicted octanol–water partition coefficient (Wildman–Crippen LogP) is 6.07. The van der Waals surface area contributed by atoms with E-state index >= 15 is 0 Å². The number of imidazole rings is 1. The maximum absolute atomic E-state index is 13.8. The fraction of sp³-hybridized carbons (Fsp3) is 0.364. The number of benzene rings is 1. The first-order chi connectivity index (χ1) is 14.3. The number of carbonyl (C=O) groups excluding carboxylic acids is 1. The molecule has 1 aromatic carbocycles. The van der Waals surface area contributed by atoms with E-state index in [1.165, 1.54) is 47.7 Å². The minimum absolute atomic E-state index is 0.205. The van der Waals surface area contributed by atoms with Crippen molar-refractivity contribution in [3.8, 4) is 11.3 Å². The molecule has 0 bridgehead atoms. The Kier molecular flexibility index (Phi) is 5.49. The van der Waals surface area contributed by atoms with Crippen LogP contribution in [0.2, 0.25) is 0 Å². The van der Waals surface area contributed by atoms with Crippen LogP contribution in [0.3, 0.4) is 0 Å². The van der Waals surface area contributed by atoms with Gasteiger partial charge >= 0.3 is 6.18 Å². The average Bonchev–Trinajstić information content (AvgIpc) is 3.33. The molecule has 0 atom stereocenters. The molecule has 2 heterocycles. The number of aromatic nitrogens is 2. The van der Waals surface area contributed by atoms with Crippen LogP contribution in [-0.4, -0.2) is 15.3 Å². The molecule has 0 unspecified atom stereocenters. The molecule has 0 spiro atoms. The van der Waals surface area contributed by atoms with Gasteiger partial charge in [0.05, 0.1) is 11.3 Å². The third-order valence-corrected chi connectivity index (χ3v) is 5.58. The van der Waals surface area contributed by atoms with Gasteiger partial charge in [-0.2, -0.15) is 13.2 Å². The van der Waals surface area contributed by atoms with E-state index in [9.17, 15) is 22.4 Å². The van der Waals surface area contributed by atoms with Crippen LogP contribution in [0.1, 0.15) is 44.1 Å². The fourth-order valence-corrected chi connectivity index (χ4v) is 4.03. The molecule has 1 N–H and O–H groups in total. The van der Waals surface area contributed by atoms with Gasteiger partial charge in [-0.15, -0.1) is 0 Å². The molecule has 4 rings (SSSR count). The van der Waals surface area contributed by atoms with E-state index in [0.29, 0.717) is 29.2 Å². The van der Waals surface area contributed by atoms with Gasteiger partial charge in [0.15, 0.2) is 5.82 Å². The predicted molar refractivity (Wildman–Crippen MR) is 105 cm³/mol. The Balaban J connectivity index is 1.64. The molecule has 30 heavy (non-hydrogen) atoms. The largest absolute Gasteiger partial charge is 0.416 e. The summed E-state index contributed by atoms with van der Waals surface area (Å²) in [6.07, 6.45) is 2.55. The van der Waals surface area contributed by atoms with Crippen molar-refractivity contribution in [1.29, 1.82) is 0 Å². The topological polar surface area (TPSA) is 46.4 Å². The van der Waals surface area contributed by atoms with Gasteiger partial charge in [0, 0.05) is 18.2 Å². The van der Waals surface area contributed by atoms with E-state index in [1.54, 1.807) is 0 Å². The average molecular weight is 419 g/mol. The minimum Gasteiger partial charge on any atom is -0.309 e. The lowest BCUT2D eigenvalue weighted by atomic mass is 10.0. The normalized spacial score (nSPS) is 15.1. The lowest BCUT2D eigenvalue weighted by Gasteiger charge is -2.11. The minimum atomic E-state index is -4.46. The van der Waals surface area contributed by atoms with E-state index in [0.717, 1.165) is 31.4 Å². The number of anilines is 1. The summed E-state index contributed by atoms with van der Waals surface area (Å²) in [4.78, 5) is 16.9. The molecule has 0 radical (unpaired) electrons. The zero-order valence-corrected chi connectivity index (χ0v) is 16.2. The highest BCUT2D eigenvalue weighted by Crippen LogP contribution is 2.34. The number of hydrogen-bond donors (Lipinski definition) is 1. The molecule has 1 saturated carbocycles. The van der Waals surface area contributed by atoms with Crippen molar-refractivity contribution in [2.24, 2.45) is 5.92 Å². The summed E-state index contributed by atoms with van der Waals surface area (Å²) in [5.41, 5.74) is 0.338. The second kappa shape index (κ2) is 8.08. The number of carbonyl (C=O) groups is 1. The Bertz CT molecular complexity index is 1050. The lowest BCUT2D eigenvalue weighted by molar-refractivity contribution is -0.137. The maximum atomic E-state index is 13.8. The van der Waals surface area contributed by atoms with Gasteiger partial charge in [-0.3, -0.25) is 9.20 Å². The molecule has 4 nitrogen and oxygen atoms in total. The van der Waals surface area contributed by atoms with Crippen molar-refractivity contribution in [3.05, 3.63) is 54.0 Å². The summed E-state index contributed by atoms with van der Waals surface area (Å²) >= 11 is 0. The number of halogens is 4. The highest BCUT2D eigenvalue weighted by atomic mass is 19.4. The third-order valence-electron chi connectivity index (χ3n) is 5.58. The number of alkyl halides is 3. The number of hydrogen-bond acceptors (Lipinski definition) is 2. The summed E-state index contributed by atoms with van der Waals surface area (Å²) in [5.74, 6) is 0.0307. The second-order valence-electron chi connectivity index (χ2n) is 7.70. The summed E-state index contributed by atoms with van der Waals surface area (Å²) in [6, 6.07) is 7.21. The van der Waals surface area contributed by atoms with Gasteiger partial charge in [-0.25, -0.2) is 9.37 Å². The Hall–Kier alpha value is -2.90. The van der Waals surface area contributed by atoms with E-state index in [4.69, 9.17) is 0 Å². The lowest BCUT2D eigenvalue weighted by Crippen LogP contribution is -2.13. The van der Waals surface area contributed by atoms with Gasteiger partial charge in [0.1, 0.15) is 11.5 Å². The number of fused-ring (bicyclic) bond motifs is 1. The molecule has 2 aromatic heterocycles. The van der Waals surface area contributed by atoms with Gasteiger partial charge in [-0.05, 0) is 36.6 Å². The zero-order chi connectivity index (χ0) is 21.3. The highest BCUT2D eigenvalue weighted by Gasteiger charge is 2.30. The third kappa shape index (κ3) is 4.32. The molecule has 8 heteroatoms. The number of rotatable bonds is 5. The number of pyridine rings is 1. The number of nitrogens with zero attached hydrogens (tertiary/aromatic N) is 2. The first kappa shape index (κ1) is 20.4. The van der Waals surface area contributed by atoms with Crippen LogP contribution in [0.15, 0.2) is 42.6 Å². The first-order valence-corrected chi connectivity index (χ1v) is 9.96. The van der Waals surface area contributed by atoms with Crippen LogP contribution in [0.25, 0.3) is 16.9 Å². The molecular weight excluding hydrogens is 398 g/mol. The smallest absolute Gasteiger partial charge is 0.309 e. The molecule has 0 saturated heterocycles. The van der Waals surface area contributed by atoms with E-state index in [2.05, 4.69) is 10.3 Å². The Morgan fingerprint density at radius 1 is 1.10 bits per heavy atom. The van der Waals surface area contributed by atoms with Crippen LogP contribution in [0, 0.1) is 11.7 Å². The van der Waals surface area contributed by atoms with Crippen LogP contribution in [0.5, 0.6) is 0 Å². The highest BCUT2D eigenvalue weighted by molar-refractivity contribution is 5.94. The molecule has 1 aliphatic carbocycles. The van der Waals surface area contributed by atoms with Gasteiger partial charge < -0.3 is 5.32 Å². The molecule has 3 aromatic rings. The van der Waals surface area contributed by atoms with Crippen molar-refractivity contribution in [3.63, 3.8) is 0 Å². The Morgan fingerprint density at radius 3 is 2.47 bits per heavy atom. The fourth-order valence-electron chi connectivity index (χ4n) is 4.03. The monoisotopic (exact) mass is 419 g/mol. The Morgan fingerprint density at radius 2 is 1.80 bits per heavy atom. The second-order valence-corrected chi connectivity index (χ2v) is 7.70. The van der Waals surface area contributed by atoms with Crippen LogP contribution in [0.4, 0.5) is 23.4 Å². The van der Waals surface area contributed by atoms with Gasteiger partial charge in [0.2, 0.25) is 5.91 Å². The first-order valence-electron chi connectivity index (χ1n) is 9.96. The number of amides is 1. The summed E-state index contributed by atoms with van der Waals surface area (Å²) in [6.45, 7) is 0. The van der Waals surface area contributed by atoms with E-state index in [-0.39, 0.29) is 11.7 Å². The van der Waals surface area contributed by atoms with Crippen LogP contribution in [-0.2, 0) is 11.0 Å². The van der Waals surface area contributed by atoms with Crippen LogP contribution < -0.4 is 5.32 Å². The van der Waals surface area contributed by atoms with Crippen molar-refractivity contribution in [2.45, 2.75) is 44.7 Å². The van der Waals surface area contributed by atoms with Crippen molar-refractivity contribution in [2.75, 3.05) is 5.32 Å². The van der Waals surface area contributed by atoms with Crippen LogP contribution >= 0.6 is 0 Å². The van der Waals surface area contributed by atoms with Gasteiger partial charge in [0.25, 0.3) is 0 Å². The van der Waals surface area contributed by atoms with E-state index in [1.807, 2.05) is 0 Å². The number of nitrogens with one attached hydrogen (secondary N) is 1. The zero-order valence-electron chi connectivity index (χ0n) is 16.2. The Labute approximate surface area is 170 Å². The summed E-state index contributed by atoms with van der Waals surface area (Å²) in [5, 5.41) is 2.77. The maximum Gasteiger partial charge on any atom is 0.416 e. The van der Waals surface area contributed by atoms with Crippen molar-refractivity contribution >= 4 is 17.4 Å².